The summed E-state index contributed by atoms with van der Waals surface area (Å²) in [5, 5.41) is 0. The summed E-state index contributed by atoms with van der Waals surface area (Å²) in [7, 11) is 0. The highest BCUT2D eigenvalue weighted by Gasteiger charge is 2.34. The largest absolute Gasteiger partial charge is 0.573 e. The fraction of sp³-hybridized carbons (Fsp3) is 0.500. The third kappa shape index (κ3) is 5.28. The highest BCUT2D eigenvalue weighted by molar-refractivity contribution is 6.17. The maximum absolute atomic E-state index is 12.8. The molecule has 124 valence electrons. The Balaban J connectivity index is 3.26. The predicted molar refractivity (Wildman–Crippen MR) is 65.8 cm³/mol. The lowest BCUT2D eigenvalue weighted by molar-refractivity contribution is -0.275. The SMILES string of the molecule is CCOC(=O)Cc1cc(OC(F)(F)F)c(C(F)F)nc1CCl. The third-order valence-corrected chi connectivity index (χ3v) is 2.64. The smallest absolute Gasteiger partial charge is 0.466 e. The van der Waals surface area contributed by atoms with Gasteiger partial charge in [0.2, 0.25) is 0 Å². The van der Waals surface area contributed by atoms with Gasteiger partial charge in [0, 0.05) is 0 Å². The maximum atomic E-state index is 12.8. The van der Waals surface area contributed by atoms with Crippen molar-refractivity contribution in [1.29, 1.82) is 0 Å². The fourth-order valence-corrected chi connectivity index (χ4v) is 1.82. The van der Waals surface area contributed by atoms with E-state index in [1.807, 2.05) is 0 Å². The van der Waals surface area contributed by atoms with Crippen LogP contribution in [0.3, 0.4) is 0 Å². The van der Waals surface area contributed by atoms with Gasteiger partial charge in [0.05, 0.1) is 24.6 Å². The van der Waals surface area contributed by atoms with Crippen LogP contribution < -0.4 is 4.74 Å². The van der Waals surface area contributed by atoms with E-state index in [2.05, 4.69) is 14.5 Å². The first-order chi connectivity index (χ1) is 10.2. The first-order valence-corrected chi connectivity index (χ1v) is 6.49. The number of nitrogens with zero attached hydrogens (tertiary/aromatic N) is 1. The third-order valence-electron chi connectivity index (χ3n) is 2.38. The minimum atomic E-state index is -5.17. The molecule has 22 heavy (non-hydrogen) atoms. The van der Waals surface area contributed by atoms with Crippen LogP contribution in [0, 0.1) is 0 Å². The minimum Gasteiger partial charge on any atom is -0.466 e. The van der Waals surface area contributed by atoms with Gasteiger partial charge in [-0.2, -0.15) is 0 Å². The van der Waals surface area contributed by atoms with E-state index in [1.54, 1.807) is 0 Å². The number of hydrogen-bond acceptors (Lipinski definition) is 4. The molecule has 0 aliphatic heterocycles. The predicted octanol–water partition coefficient (Wildman–Crippen LogP) is 3.76. The van der Waals surface area contributed by atoms with Crippen LogP contribution in [0.5, 0.6) is 5.75 Å². The standard InChI is InChI=1S/C12H11ClF5NO3/c1-2-21-9(20)4-6-3-8(22-12(16,17)18)10(11(14)15)19-7(6)5-13/h3,11H,2,4-5H2,1H3. The topological polar surface area (TPSA) is 48.4 Å². The van der Waals surface area contributed by atoms with E-state index in [-0.39, 0.29) is 23.7 Å². The van der Waals surface area contributed by atoms with Crippen molar-refractivity contribution in [3.63, 3.8) is 0 Å². The summed E-state index contributed by atoms with van der Waals surface area (Å²) in [5.41, 5.74) is -1.41. The molecule has 0 unspecified atom stereocenters. The summed E-state index contributed by atoms with van der Waals surface area (Å²) in [4.78, 5) is 14.8. The van der Waals surface area contributed by atoms with Crippen LogP contribution in [-0.2, 0) is 21.8 Å². The second-order valence-electron chi connectivity index (χ2n) is 3.94. The molecule has 0 atom stereocenters. The quantitative estimate of drug-likeness (QED) is 0.446. The molecule has 0 bridgehead atoms. The Hall–Kier alpha value is -1.64. The zero-order valence-electron chi connectivity index (χ0n) is 11.2. The number of carbonyl (C=O) groups excluding carboxylic acids is 1. The molecule has 0 saturated carbocycles. The van der Waals surface area contributed by atoms with Gasteiger partial charge in [-0.1, -0.05) is 0 Å². The van der Waals surface area contributed by atoms with Crippen molar-refractivity contribution in [2.24, 2.45) is 0 Å². The van der Waals surface area contributed by atoms with Gasteiger partial charge in [-0.25, -0.2) is 13.8 Å². The molecule has 0 amide bonds. The number of alkyl halides is 6. The molecule has 1 heterocycles. The molecule has 0 spiro atoms. The molecule has 0 saturated heterocycles. The van der Waals surface area contributed by atoms with Gasteiger partial charge < -0.3 is 9.47 Å². The highest BCUT2D eigenvalue weighted by Crippen LogP contribution is 2.33. The first kappa shape index (κ1) is 18.4. The summed E-state index contributed by atoms with van der Waals surface area (Å²) < 4.78 is 70.6. The molecular weight excluding hydrogens is 337 g/mol. The summed E-state index contributed by atoms with van der Waals surface area (Å²) in [6.07, 6.45) is -8.92. The van der Waals surface area contributed by atoms with Crippen molar-refractivity contribution in [2.75, 3.05) is 6.61 Å². The average molecular weight is 348 g/mol. The van der Waals surface area contributed by atoms with Crippen LogP contribution in [0.25, 0.3) is 0 Å². The van der Waals surface area contributed by atoms with Gasteiger partial charge >= 0.3 is 12.3 Å². The van der Waals surface area contributed by atoms with Crippen LogP contribution in [0.2, 0.25) is 0 Å². The van der Waals surface area contributed by atoms with Gasteiger partial charge in [-0.05, 0) is 18.6 Å². The lowest BCUT2D eigenvalue weighted by Gasteiger charge is -2.15. The normalized spacial score (nSPS) is 11.6. The van der Waals surface area contributed by atoms with Gasteiger partial charge in [0.15, 0.2) is 5.75 Å². The van der Waals surface area contributed by atoms with Crippen molar-refractivity contribution in [1.82, 2.24) is 4.98 Å². The lowest BCUT2D eigenvalue weighted by atomic mass is 10.1. The molecule has 0 N–H and O–H groups in total. The van der Waals surface area contributed by atoms with Crippen LogP contribution in [0.15, 0.2) is 6.07 Å². The molecular formula is C12H11ClF5NO3. The van der Waals surface area contributed by atoms with Crippen molar-refractivity contribution >= 4 is 17.6 Å². The van der Waals surface area contributed by atoms with Crippen molar-refractivity contribution in [3.05, 3.63) is 23.0 Å². The van der Waals surface area contributed by atoms with E-state index in [4.69, 9.17) is 11.6 Å². The zero-order valence-corrected chi connectivity index (χ0v) is 12.0. The Kier molecular flexibility index (Phi) is 6.34. The molecule has 1 aromatic rings. The Labute approximate surface area is 127 Å². The fourth-order valence-electron chi connectivity index (χ4n) is 1.59. The summed E-state index contributed by atoms with van der Waals surface area (Å²) in [6.45, 7) is 1.60. The number of aromatic nitrogens is 1. The number of carbonyl (C=O) groups is 1. The van der Waals surface area contributed by atoms with Crippen LogP contribution in [-0.4, -0.2) is 23.9 Å². The van der Waals surface area contributed by atoms with Gasteiger partial charge in [-0.15, -0.1) is 24.8 Å². The van der Waals surface area contributed by atoms with E-state index < -0.39 is 36.6 Å². The summed E-state index contributed by atoms with van der Waals surface area (Å²) >= 11 is 5.53. The van der Waals surface area contributed by atoms with E-state index in [0.717, 1.165) is 0 Å². The van der Waals surface area contributed by atoms with Crippen molar-refractivity contribution in [2.45, 2.75) is 32.0 Å². The Morgan fingerprint density at radius 1 is 1.41 bits per heavy atom. The summed E-state index contributed by atoms with van der Waals surface area (Å²) in [5.74, 6) is -2.28. The number of esters is 1. The maximum Gasteiger partial charge on any atom is 0.573 e. The second kappa shape index (κ2) is 7.57. The number of hydrogen-bond donors (Lipinski definition) is 0. The van der Waals surface area contributed by atoms with Crippen molar-refractivity contribution in [3.8, 4) is 5.75 Å². The minimum absolute atomic E-state index is 0.0590. The number of halogens is 6. The Bertz CT molecular complexity index is 536. The summed E-state index contributed by atoms with van der Waals surface area (Å²) in [6, 6.07) is 0.677. The van der Waals surface area contributed by atoms with Gasteiger partial charge in [-0.3, -0.25) is 4.79 Å². The molecule has 0 radical (unpaired) electrons. The van der Waals surface area contributed by atoms with Gasteiger partial charge in [0.25, 0.3) is 6.43 Å². The van der Waals surface area contributed by atoms with E-state index in [9.17, 15) is 26.7 Å². The number of pyridine rings is 1. The van der Waals surface area contributed by atoms with Crippen LogP contribution in [0.1, 0.15) is 30.3 Å². The van der Waals surface area contributed by atoms with E-state index >= 15 is 0 Å². The molecule has 1 aromatic heterocycles. The molecule has 0 aromatic carbocycles. The van der Waals surface area contributed by atoms with E-state index in [0.29, 0.717) is 6.07 Å². The molecule has 0 aliphatic carbocycles. The lowest BCUT2D eigenvalue weighted by Crippen LogP contribution is -2.20. The molecule has 4 nitrogen and oxygen atoms in total. The molecule has 0 aliphatic rings. The zero-order chi connectivity index (χ0) is 16.9. The molecule has 0 fully saturated rings. The van der Waals surface area contributed by atoms with E-state index in [1.165, 1.54) is 6.92 Å². The monoisotopic (exact) mass is 347 g/mol. The molecule has 10 heteroatoms. The number of ether oxygens (including phenoxy) is 2. The van der Waals surface area contributed by atoms with Crippen LogP contribution in [0.4, 0.5) is 22.0 Å². The Morgan fingerprint density at radius 3 is 2.50 bits per heavy atom. The first-order valence-electron chi connectivity index (χ1n) is 5.96. The molecule has 1 rings (SSSR count). The van der Waals surface area contributed by atoms with Gasteiger partial charge in [0.1, 0.15) is 5.69 Å². The average Bonchev–Trinajstić information content (AvgIpc) is 2.36. The highest BCUT2D eigenvalue weighted by atomic mass is 35.5. The van der Waals surface area contributed by atoms with Crippen molar-refractivity contribution < 1.29 is 36.2 Å². The van der Waals surface area contributed by atoms with Crippen LogP contribution >= 0.6 is 11.6 Å². The Morgan fingerprint density at radius 2 is 2.05 bits per heavy atom. The second-order valence-corrected chi connectivity index (χ2v) is 4.21. The number of rotatable bonds is 6.